The standard InChI is InChI=1S/C6H6ClNS/c7-5-1-3-6(9-8)4-2-5/h1-4H,8H2. The molecule has 0 unspecified atom stereocenters. The molecule has 0 bridgehead atoms. The van der Waals surface area contributed by atoms with Gasteiger partial charge in [0, 0.05) is 9.92 Å². The average Bonchev–Trinajstić information content (AvgIpc) is 1.90. The highest BCUT2D eigenvalue weighted by Gasteiger charge is 1.87. The van der Waals surface area contributed by atoms with Crippen LogP contribution in [0.15, 0.2) is 29.2 Å². The third-order valence-electron chi connectivity index (χ3n) is 0.950. The van der Waals surface area contributed by atoms with Gasteiger partial charge in [-0.3, -0.25) is 5.14 Å². The molecule has 2 N–H and O–H groups in total. The molecule has 0 aromatic heterocycles. The lowest BCUT2D eigenvalue weighted by atomic mass is 10.4. The maximum absolute atomic E-state index is 5.62. The predicted molar refractivity (Wildman–Crippen MR) is 41.5 cm³/mol. The van der Waals surface area contributed by atoms with Crippen molar-refractivity contribution in [3.63, 3.8) is 0 Å². The van der Waals surface area contributed by atoms with Crippen LogP contribution in [-0.4, -0.2) is 0 Å². The quantitative estimate of drug-likeness (QED) is 0.637. The van der Waals surface area contributed by atoms with Gasteiger partial charge in [0.2, 0.25) is 0 Å². The summed E-state index contributed by atoms with van der Waals surface area (Å²) in [5.74, 6) is 0. The highest BCUT2D eigenvalue weighted by Crippen LogP contribution is 2.14. The first-order valence-corrected chi connectivity index (χ1v) is 3.71. The van der Waals surface area contributed by atoms with E-state index in [1.165, 1.54) is 11.9 Å². The van der Waals surface area contributed by atoms with E-state index in [0.717, 1.165) is 9.92 Å². The summed E-state index contributed by atoms with van der Waals surface area (Å²) in [6.45, 7) is 0. The Morgan fingerprint density at radius 3 is 2.22 bits per heavy atom. The van der Waals surface area contributed by atoms with E-state index in [1.807, 2.05) is 24.3 Å². The molecule has 1 aromatic carbocycles. The van der Waals surface area contributed by atoms with Gasteiger partial charge < -0.3 is 0 Å². The van der Waals surface area contributed by atoms with Gasteiger partial charge in [-0.1, -0.05) is 11.6 Å². The largest absolute Gasteiger partial charge is 0.274 e. The molecule has 0 fully saturated rings. The minimum Gasteiger partial charge on any atom is -0.274 e. The summed E-state index contributed by atoms with van der Waals surface area (Å²) in [4.78, 5) is 1.03. The summed E-state index contributed by atoms with van der Waals surface area (Å²) in [6.07, 6.45) is 0. The molecule has 0 radical (unpaired) electrons. The molecule has 0 aliphatic carbocycles. The first-order chi connectivity index (χ1) is 4.33. The van der Waals surface area contributed by atoms with Gasteiger partial charge in [-0.05, 0) is 36.2 Å². The summed E-state index contributed by atoms with van der Waals surface area (Å²) >= 11 is 6.84. The third kappa shape index (κ3) is 1.90. The SMILES string of the molecule is NSc1ccc(Cl)cc1. The molecule has 0 amide bonds. The lowest BCUT2D eigenvalue weighted by Crippen LogP contribution is -1.76. The van der Waals surface area contributed by atoms with E-state index in [1.54, 1.807) is 0 Å². The van der Waals surface area contributed by atoms with E-state index < -0.39 is 0 Å². The van der Waals surface area contributed by atoms with Crippen molar-refractivity contribution in [2.24, 2.45) is 5.14 Å². The van der Waals surface area contributed by atoms with Crippen LogP contribution in [0, 0.1) is 0 Å². The fourth-order valence-electron chi connectivity index (χ4n) is 0.513. The van der Waals surface area contributed by atoms with Gasteiger partial charge in [0.25, 0.3) is 0 Å². The summed E-state index contributed by atoms with van der Waals surface area (Å²) in [6, 6.07) is 7.40. The molecule has 1 aromatic rings. The highest BCUT2D eigenvalue weighted by molar-refractivity contribution is 7.97. The van der Waals surface area contributed by atoms with E-state index in [4.69, 9.17) is 16.7 Å². The molecular formula is C6H6ClNS. The molecule has 0 aliphatic rings. The fraction of sp³-hybridized carbons (Fsp3) is 0. The smallest absolute Gasteiger partial charge is 0.0406 e. The summed E-state index contributed by atoms with van der Waals surface area (Å²) in [5.41, 5.74) is 0. The van der Waals surface area contributed by atoms with Gasteiger partial charge in [0.05, 0.1) is 0 Å². The van der Waals surface area contributed by atoms with Crippen molar-refractivity contribution in [3.8, 4) is 0 Å². The van der Waals surface area contributed by atoms with Crippen molar-refractivity contribution < 1.29 is 0 Å². The number of halogens is 1. The lowest BCUT2D eigenvalue weighted by molar-refractivity contribution is 1.46. The Morgan fingerprint density at radius 1 is 1.22 bits per heavy atom. The van der Waals surface area contributed by atoms with Crippen LogP contribution in [0.1, 0.15) is 0 Å². The predicted octanol–water partition coefficient (Wildman–Crippen LogP) is 2.31. The Balaban J connectivity index is 2.88. The van der Waals surface area contributed by atoms with Gasteiger partial charge in [0.1, 0.15) is 0 Å². The molecule has 0 saturated carbocycles. The van der Waals surface area contributed by atoms with Gasteiger partial charge in [-0.15, -0.1) is 0 Å². The van der Waals surface area contributed by atoms with Crippen LogP contribution >= 0.6 is 23.5 Å². The van der Waals surface area contributed by atoms with Crippen LogP contribution in [0.25, 0.3) is 0 Å². The van der Waals surface area contributed by atoms with Crippen molar-refractivity contribution in [3.05, 3.63) is 29.3 Å². The Morgan fingerprint density at radius 2 is 1.78 bits per heavy atom. The number of benzene rings is 1. The second-order valence-electron chi connectivity index (χ2n) is 1.57. The summed E-state index contributed by atoms with van der Waals surface area (Å²) in [7, 11) is 0. The molecular weight excluding hydrogens is 154 g/mol. The first kappa shape index (κ1) is 6.93. The van der Waals surface area contributed by atoms with Crippen LogP contribution in [0.5, 0.6) is 0 Å². The van der Waals surface area contributed by atoms with Gasteiger partial charge >= 0.3 is 0 Å². The monoisotopic (exact) mass is 159 g/mol. The molecule has 1 rings (SSSR count). The molecule has 0 heterocycles. The Labute approximate surface area is 63.3 Å². The normalized spacial score (nSPS) is 9.56. The fourth-order valence-corrected chi connectivity index (χ4v) is 0.932. The zero-order valence-electron chi connectivity index (χ0n) is 4.67. The zero-order valence-corrected chi connectivity index (χ0v) is 6.25. The van der Waals surface area contributed by atoms with Crippen LogP contribution in [0.3, 0.4) is 0 Å². The van der Waals surface area contributed by atoms with Crippen molar-refractivity contribution in [1.29, 1.82) is 0 Å². The minimum absolute atomic E-state index is 0.743. The average molecular weight is 160 g/mol. The van der Waals surface area contributed by atoms with E-state index >= 15 is 0 Å². The molecule has 3 heteroatoms. The zero-order chi connectivity index (χ0) is 6.69. The topological polar surface area (TPSA) is 26.0 Å². The first-order valence-electron chi connectivity index (χ1n) is 2.45. The Bertz CT molecular complexity index is 185. The number of hydrogen-bond acceptors (Lipinski definition) is 2. The maximum atomic E-state index is 5.62. The van der Waals surface area contributed by atoms with Crippen molar-refractivity contribution >= 4 is 23.5 Å². The van der Waals surface area contributed by atoms with Crippen LogP contribution < -0.4 is 5.14 Å². The molecule has 0 spiro atoms. The maximum Gasteiger partial charge on any atom is 0.0406 e. The molecule has 0 aliphatic heterocycles. The van der Waals surface area contributed by atoms with Crippen molar-refractivity contribution in [1.82, 2.24) is 0 Å². The van der Waals surface area contributed by atoms with Crippen LogP contribution in [0.4, 0.5) is 0 Å². The molecule has 1 nitrogen and oxygen atoms in total. The Kier molecular flexibility index (Phi) is 2.39. The molecule has 9 heavy (non-hydrogen) atoms. The van der Waals surface area contributed by atoms with Crippen LogP contribution in [-0.2, 0) is 0 Å². The third-order valence-corrected chi connectivity index (χ3v) is 1.75. The Hall–Kier alpha value is -0.180. The molecule has 0 atom stereocenters. The van der Waals surface area contributed by atoms with Gasteiger partial charge in [-0.2, -0.15) is 0 Å². The van der Waals surface area contributed by atoms with E-state index in [2.05, 4.69) is 0 Å². The van der Waals surface area contributed by atoms with E-state index in [9.17, 15) is 0 Å². The minimum atomic E-state index is 0.743. The van der Waals surface area contributed by atoms with Crippen molar-refractivity contribution in [2.75, 3.05) is 0 Å². The van der Waals surface area contributed by atoms with E-state index in [0.29, 0.717) is 0 Å². The highest BCUT2D eigenvalue weighted by atomic mass is 35.5. The summed E-state index contributed by atoms with van der Waals surface area (Å²) in [5, 5.41) is 6.02. The number of hydrogen-bond donors (Lipinski definition) is 1. The van der Waals surface area contributed by atoms with E-state index in [-0.39, 0.29) is 0 Å². The van der Waals surface area contributed by atoms with Crippen molar-refractivity contribution in [2.45, 2.75) is 4.90 Å². The number of nitrogens with two attached hydrogens (primary N) is 1. The van der Waals surface area contributed by atoms with Crippen LogP contribution in [0.2, 0.25) is 5.02 Å². The molecule has 48 valence electrons. The lowest BCUT2D eigenvalue weighted by Gasteiger charge is -1.92. The molecule has 0 saturated heterocycles. The number of rotatable bonds is 1. The van der Waals surface area contributed by atoms with Gasteiger partial charge in [0.15, 0.2) is 0 Å². The second kappa shape index (κ2) is 3.11. The summed E-state index contributed by atoms with van der Waals surface area (Å²) < 4.78 is 0. The van der Waals surface area contributed by atoms with Gasteiger partial charge in [-0.25, -0.2) is 0 Å². The second-order valence-corrected chi connectivity index (χ2v) is 2.72.